The van der Waals surface area contributed by atoms with Crippen molar-refractivity contribution < 1.29 is 0 Å². The molecule has 0 aliphatic carbocycles. The first kappa shape index (κ1) is 14.9. The number of benzene rings is 1. The minimum Gasteiger partial charge on any atom is -0.343 e. The molecule has 0 spiro atoms. The zero-order valence-electron chi connectivity index (χ0n) is 13.3. The zero-order valence-corrected chi connectivity index (χ0v) is 14.2. The van der Waals surface area contributed by atoms with Crippen LogP contribution in [-0.2, 0) is 6.42 Å². The van der Waals surface area contributed by atoms with Crippen LogP contribution in [0.4, 0.5) is 0 Å². The summed E-state index contributed by atoms with van der Waals surface area (Å²) in [6.45, 7) is 3.87. The van der Waals surface area contributed by atoms with E-state index in [1.807, 2.05) is 38.1 Å². The maximum Gasteiger partial charge on any atom is 0.286 e. The monoisotopic (exact) mass is 340 g/mol. The van der Waals surface area contributed by atoms with Gasteiger partial charge in [0.05, 0.1) is 10.2 Å². The predicted octanol–water partition coefficient (Wildman–Crippen LogP) is 2.88. The number of thiazole rings is 1. The number of hydrogen-bond acceptors (Lipinski definition) is 4. The summed E-state index contributed by atoms with van der Waals surface area (Å²) in [5, 5.41) is 3.69. The van der Waals surface area contributed by atoms with Crippen LogP contribution in [0, 0.1) is 6.92 Å². The number of nitrogens with one attached hydrogen (secondary N) is 2. The zero-order chi connectivity index (χ0) is 16.8. The molecular formula is C17H16N4O2S. The molecule has 24 heavy (non-hydrogen) atoms. The van der Waals surface area contributed by atoms with Gasteiger partial charge in [0.25, 0.3) is 5.56 Å². The molecule has 3 aromatic heterocycles. The van der Waals surface area contributed by atoms with E-state index in [2.05, 4.69) is 15.1 Å². The summed E-state index contributed by atoms with van der Waals surface area (Å²) >= 11 is 1.41. The fourth-order valence-electron chi connectivity index (χ4n) is 2.96. The highest BCUT2D eigenvalue weighted by atomic mass is 32.1. The minimum atomic E-state index is -0.359. The first-order valence-electron chi connectivity index (χ1n) is 7.82. The van der Waals surface area contributed by atoms with Gasteiger partial charge >= 0.3 is 0 Å². The van der Waals surface area contributed by atoms with Crippen LogP contribution in [0.5, 0.6) is 0 Å². The van der Waals surface area contributed by atoms with Crippen LogP contribution in [0.25, 0.3) is 26.4 Å². The van der Waals surface area contributed by atoms with Crippen molar-refractivity contribution in [1.29, 1.82) is 0 Å². The number of fused-ring (bicyclic) bond motifs is 2. The van der Waals surface area contributed by atoms with Gasteiger partial charge in [-0.15, -0.1) is 0 Å². The lowest BCUT2D eigenvalue weighted by Crippen LogP contribution is -2.21. The number of nitrogens with zero attached hydrogens (tertiary/aromatic N) is 2. The highest BCUT2D eigenvalue weighted by Gasteiger charge is 2.18. The van der Waals surface area contributed by atoms with E-state index in [1.165, 1.54) is 16.0 Å². The lowest BCUT2D eigenvalue weighted by molar-refractivity contribution is 0.849. The predicted molar refractivity (Wildman–Crippen MR) is 96.4 cm³/mol. The highest BCUT2D eigenvalue weighted by molar-refractivity contribution is 7.20. The fourth-order valence-corrected chi connectivity index (χ4v) is 3.89. The Hall–Kier alpha value is -2.67. The number of aryl methyl sites for hydroxylation is 1. The van der Waals surface area contributed by atoms with Crippen molar-refractivity contribution in [2.75, 3.05) is 0 Å². The SMILES string of the molecule is CCCc1c(C)[nH]c2[nH]n(-c3nc4ccccc4s3)c(=O)c2c1=O. The van der Waals surface area contributed by atoms with Crippen LogP contribution in [0.2, 0.25) is 0 Å². The summed E-state index contributed by atoms with van der Waals surface area (Å²) in [5.41, 5.74) is 2.20. The van der Waals surface area contributed by atoms with Crippen molar-refractivity contribution in [3.8, 4) is 5.13 Å². The Morgan fingerprint density at radius 2 is 2.04 bits per heavy atom. The van der Waals surface area contributed by atoms with Crippen LogP contribution in [0.1, 0.15) is 24.6 Å². The third kappa shape index (κ3) is 2.12. The molecule has 7 heteroatoms. The number of rotatable bonds is 3. The topological polar surface area (TPSA) is 83.5 Å². The van der Waals surface area contributed by atoms with Crippen LogP contribution >= 0.6 is 11.3 Å². The van der Waals surface area contributed by atoms with Crippen LogP contribution in [0.3, 0.4) is 0 Å². The first-order chi connectivity index (χ1) is 11.6. The van der Waals surface area contributed by atoms with E-state index in [1.54, 1.807) is 0 Å². The molecule has 0 radical (unpaired) electrons. The molecule has 0 atom stereocenters. The number of hydrogen-bond donors (Lipinski definition) is 2. The third-order valence-electron chi connectivity index (χ3n) is 4.13. The van der Waals surface area contributed by atoms with Crippen molar-refractivity contribution in [2.45, 2.75) is 26.7 Å². The van der Waals surface area contributed by atoms with Crippen LogP contribution in [-0.4, -0.2) is 19.7 Å². The fraction of sp³-hybridized carbons (Fsp3) is 0.235. The van der Waals surface area contributed by atoms with Gasteiger partial charge in [-0.25, -0.2) is 4.98 Å². The summed E-state index contributed by atoms with van der Waals surface area (Å²) < 4.78 is 2.34. The van der Waals surface area contributed by atoms with E-state index in [4.69, 9.17) is 0 Å². The number of aromatic amines is 2. The first-order valence-corrected chi connectivity index (χ1v) is 8.64. The molecule has 0 bridgehead atoms. The van der Waals surface area contributed by atoms with E-state index >= 15 is 0 Å². The van der Waals surface area contributed by atoms with Gasteiger partial charge < -0.3 is 4.98 Å². The average molecular weight is 340 g/mol. The van der Waals surface area contributed by atoms with Crippen molar-refractivity contribution in [3.05, 3.63) is 56.1 Å². The second-order valence-electron chi connectivity index (χ2n) is 5.77. The number of para-hydroxylation sites is 1. The molecule has 4 rings (SSSR count). The van der Waals surface area contributed by atoms with E-state index in [9.17, 15) is 9.59 Å². The van der Waals surface area contributed by atoms with Crippen molar-refractivity contribution in [3.63, 3.8) is 0 Å². The summed E-state index contributed by atoms with van der Waals surface area (Å²) in [6, 6.07) is 7.70. The molecule has 0 saturated carbocycles. The largest absolute Gasteiger partial charge is 0.343 e. The molecule has 0 aliphatic rings. The van der Waals surface area contributed by atoms with E-state index in [0.717, 1.165) is 22.3 Å². The Bertz CT molecular complexity index is 1150. The molecule has 3 heterocycles. The Balaban J connectivity index is 2.00. The second-order valence-corrected chi connectivity index (χ2v) is 6.78. The normalized spacial score (nSPS) is 11.6. The Kier molecular flexibility index (Phi) is 3.38. The number of pyridine rings is 1. The standard InChI is InChI=1S/C17H16N4O2S/c1-3-6-10-9(2)18-15-13(14(10)22)16(23)21(20-15)17-19-11-7-4-5-8-12(11)24-17/h4-5,7-8H,3,6H2,1-2H3,(H2,18,20,22). The number of H-pyrrole nitrogens is 2. The minimum absolute atomic E-state index is 0.170. The third-order valence-corrected chi connectivity index (χ3v) is 5.15. The molecule has 0 saturated heterocycles. The van der Waals surface area contributed by atoms with Gasteiger partial charge in [0, 0.05) is 11.3 Å². The van der Waals surface area contributed by atoms with Gasteiger partial charge in [0.1, 0.15) is 11.0 Å². The van der Waals surface area contributed by atoms with Crippen LogP contribution in [0.15, 0.2) is 33.9 Å². The van der Waals surface area contributed by atoms with Gasteiger partial charge in [-0.1, -0.05) is 36.8 Å². The maximum absolute atomic E-state index is 12.8. The van der Waals surface area contributed by atoms with Gasteiger partial charge in [-0.2, -0.15) is 4.68 Å². The van der Waals surface area contributed by atoms with Crippen molar-refractivity contribution in [1.82, 2.24) is 19.7 Å². The summed E-state index contributed by atoms with van der Waals surface area (Å²) in [7, 11) is 0. The molecule has 122 valence electrons. The Morgan fingerprint density at radius 3 is 2.79 bits per heavy atom. The molecule has 2 N–H and O–H groups in total. The molecular weight excluding hydrogens is 324 g/mol. The van der Waals surface area contributed by atoms with Crippen molar-refractivity contribution in [2.24, 2.45) is 0 Å². The average Bonchev–Trinajstić information content (AvgIpc) is 3.12. The molecule has 1 aromatic carbocycles. The van der Waals surface area contributed by atoms with Gasteiger partial charge in [-0.05, 0) is 25.5 Å². The van der Waals surface area contributed by atoms with E-state index in [-0.39, 0.29) is 16.4 Å². The quantitative estimate of drug-likeness (QED) is 0.601. The van der Waals surface area contributed by atoms with Crippen LogP contribution < -0.4 is 11.0 Å². The van der Waals surface area contributed by atoms with Gasteiger partial charge in [0.2, 0.25) is 5.13 Å². The highest BCUT2D eigenvalue weighted by Crippen LogP contribution is 2.23. The van der Waals surface area contributed by atoms with Gasteiger partial charge in [0.15, 0.2) is 5.43 Å². The lowest BCUT2D eigenvalue weighted by atomic mass is 10.1. The van der Waals surface area contributed by atoms with Crippen molar-refractivity contribution >= 4 is 32.6 Å². The lowest BCUT2D eigenvalue weighted by Gasteiger charge is -2.02. The van der Waals surface area contributed by atoms with Gasteiger partial charge in [-0.3, -0.25) is 14.7 Å². The molecule has 6 nitrogen and oxygen atoms in total. The molecule has 4 aromatic rings. The Morgan fingerprint density at radius 1 is 1.25 bits per heavy atom. The molecule has 0 amide bonds. The van der Waals surface area contributed by atoms with E-state index in [0.29, 0.717) is 22.8 Å². The molecule has 0 unspecified atom stereocenters. The maximum atomic E-state index is 12.8. The summed E-state index contributed by atoms with van der Waals surface area (Å²) in [6.07, 6.45) is 1.51. The molecule has 0 fully saturated rings. The molecule has 0 aliphatic heterocycles. The summed E-state index contributed by atoms with van der Waals surface area (Å²) in [5.74, 6) is 0. The Labute approximate surface area is 140 Å². The number of aromatic nitrogens is 4. The second kappa shape index (κ2) is 5.45. The summed E-state index contributed by atoms with van der Waals surface area (Å²) in [4.78, 5) is 33.1. The smallest absolute Gasteiger partial charge is 0.286 e. The van der Waals surface area contributed by atoms with E-state index < -0.39 is 0 Å².